The zero-order valence-corrected chi connectivity index (χ0v) is 13.8. The van der Waals surface area contributed by atoms with Gasteiger partial charge in [0.1, 0.15) is 11.6 Å². The van der Waals surface area contributed by atoms with Crippen molar-refractivity contribution in [2.24, 2.45) is 5.92 Å². The second-order valence-electron chi connectivity index (χ2n) is 5.70. The number of nitrogens with one attached hydrogen (secondary N) is 1. The Morgan fingerprint density at radius 1 is 1.14 bits per heavy atom. The quantitative estimate of drug-likeness (QED) is 0.585. The summed E-state index contributed by atoms with van der Waals surface area (Å²) in [6.45, 7) is 8.83. The zero-order valence-electron chi connectivity index (χ0n) is 13.8. The highest BCUT2D eigenvalue weighted by Crippen LogP contribution is 2.19. The molecule has 3 heteroatoms. The molecule has 120 valence electrons. The van der Waals surface area contributed by atoms with Crippen LogP contribution in [0.1, 0.15) is 58.4 Å². The van der Waals surface area contributed by atoms with E-state index in [2.05, 4.69) is 26.1 Å². The summed E-state index contributed by atoms with van der Waals surface area (Å²) in [7, 11) is 0. The van der Waals surface area contributed by atoms with Crippen LogP contribution in [-0.4, -0.2) is 13.2 Å². The molecule has 0 aliphatic carbocycles. The van der Waals surface area contributed by atoms with Crippen molar-refractivity contribution >= 4 is 0 Å². The molecule has 0 spiro atoms. The van der Waals surface area contributed by atoms with Crippen LogP contribution in [0.25, 0.3) is 0 Å². The maximum atomic E-state index is 13.6. The Morgan fingerprint density at radius 2 is 1.95 bits per heavy atom. The Morgan fingerprint density at radius 3 is 2.62 bits per heavy atom. The van der Waals surface area contributed by atoms with E-state index < -0.39 is 0 Å². The molecule has 0 aliphatic heterocycles. The summed E-state index contributed by atoms with van der Waals surface area (Å²) in [5.41, 5.74) is 0.944. The van der Waals surface area contributed by atoms with Crippen LogP contribution in [-0.2, 0) is 6.54 Å². The van der Waals surface area contributed by atoms with Gasteiger partial charge < -0.3 is 10.1 Å². The van der Waals surface area contributed by atoms with Gasteiger partial charge in [0.2, 0.25) is 0 Å². The predicted octanol–water partition coefficient (Wildman–Crippen LogP) is 4.92. The van der Waals surface area contributed by atoms with E-state index in [-0.39, 0.29) is 5.82 Å². The number of unbranched alkanes of at least 4 members (excludes halogenated alkanes) is 1. The Bertz CT molecular complexity index is 395. The van der Waals surface area contributed by atoms with E-state index in [1.54, 1.807) is 6.07 Å². The lowest BCUT2D eigenvalue weighted by molar-refractivity contribution is 0.232. The number of halogens is 1. The van der Waals surface area contributed by atoms with Gasteiger partial charge in [-0.25, -0.2) is 4.39 Å². The molecule has 1 aromatic rings. The number of hydrogen-bond acceptors (Lipinski definition) is 2. The fourth-order valence-corrected chi connectivity index (χ4v) is 2.33. The molecule has 0 aromatic heterocycles. The first kappa shape index (κ1) is 18.0. The molecular formula is C18H30FNO. The zero-order chi connectivity index (χ0) is 15.5. The van der Waals surface area contributed by atoms with E-state index in [1.807, 2.05) is 6.07 Å². The molecule has 0 heterocycles. The van der Waals surface area contributed by atoms with Gasteiger partial charge >= 0.3 is 0 Å². The SMILES string of the molecule is CCCCC(CC)COc1cc(F)cc(CNCCC)c1. The average Bonchev–Trinajstić information content (AvgIpc) is 2.47. The summed E-state index contributed by atoms with van der Waals surface area (Å²) < 4.78 is 19.5. The second kappa shape index (κ2) is 10.6. The van der Waals surface area contributed by atoms with Crippen LogP contribution < -0.4 is 10.1 Å². The van der Waals surface area contributed by atoms with Crippen molar-refractivity contribution < 1.29 is 9.13 Å². The Kier molecular flexibility index (Phi) is 9.07. The van der Waals surface area contributed by atoms with Gasteiger partial charge in [-0.1, -0.05) is 40.0 Å². The Balaban J connectivity index is 2.53. The second-order valence-corrected chi connectivity index (χ2v) is 5.70. The monoisotopic (exact) mass is 295 g/mol. The fourth-order valence-electron chi connectivity index (χ4n) is 2.33. The molecule has 21 heavy (non-hydrogen) atoms. The van der Waals surface area contributed by atoms with Gasteiger partial charge in [-0.2, -0.15) is 0 Å². The van der Waals surface area contributed by atoms with Crippen molar-refractivity contribution in [2.45, 2.75) is 59.4 Å². The van der Waals surface area contributed by atoms with Gasteiger partial charge in [0, 0.05) is 12.6 Å². The van der Waals surface area contributed by atoms with Crippen molar-refractivity contribution in [3.05, 3.63) is 29.6 Å². The molecule has 0 amide bonds. The molecule has 1 unspecified atom stereocenters. The van der Waals surface area contributed by atoms with E-state index in [9.17, 15) is 4.39 Å². The first-order valence-corrected chi connectivity index (χ1v) is 8.32. The van der Waals surface area contributed by atoms with Gasteiger partial charge in [-0.3, -0.25) is 0 Å². The van der Waals surface area contributed by atoms with Crippen LogP contribution in [0.2, 0.25) is 0 Å². The predicted molar refractivity (Wildman–Crippen MR) is 87.2 cm³/mol. The summed E-state index contributed by atoms with van der Waals surface area (Å²) in [4.78, 5) is 0. The van der Waals surface area contributed by atoms with Gasteiger partial charge in [-0.15, -0.1) is 0 Å². The highest BCUT2D eigenvalue weighted by molar-refractivity contribution is 5.29. The molecule has 0 fully saturated rings. The van der Waals surface area contributed by atoms with E-state index in [1.165, 1.54) is 25.3 Å². The number of hydrogen-bond donors (Lipinski definition) is 1. The van der Waals surface area contributed by atoms with Crippen LogP contribution in [0.3, 0.4) is 0 Å². The smallest absolute Gasteiger partial charge is 0.127 e. The highest BCUT2D eigenvalue weighted by atomic mass is 19.1. The maximum absolute atomic E-state index is 13.6. The molecule has 2 nitrogen and oxygen atoms in total. The summed E-state index contributed by atoms with van der Waals surface area (Å²) in [6.07, 6.45) is 5.82. The lowest BCUT2D eigenvalue weighted by Crippen LogP contribution is -2.14. The lowest BCUT2D eigenvalue weighted by Gasteiger charge is -2.16. The standard InChI is InChI=1S/C18H30FNO/c1-4-7-8-15(6-3)14-21-18-11-16(10-17(19)12-18)13-20-9-5-2/h10-12,15,20H,4-9,13-14H2,1-3H3. The van der Waals surface area contributed by atoms with Gasteiger partial charge in [0.15, 0.2) is 0 Å². The summed E-state index contributed by atoms with van der Waals surface area (Å²) >= 11 is 0. The van der Waals surface area contributed by atoms with Crippen molar-refractivity contribution in [1.29, 1.82) is 0 Å². The number of ether oxygens (including phenoxy) is 1. The summed E-state index contributed by atoms with van der Waals surface area (Å²) in [6, 6.07) is 5.00. The minimum atomic E-state index is -0.220. The Hall–Kier alpha value is -1.09. The van der Waals surface area contributed by atoms with Crippen molar-refractivity contribution in [3.63, 3.8) is 0 Å². The topological polar surface area (TPSA) is 21.3 Å². The van der Waals surface area contributed by atoms with E-state index in [4.69, 9.17) is 4.74 Å². The van der Waals surface area contributed by atoms with E-state index >= 15 is 0 Å². The van der Waals surface area contributed by atoms with Gasteiger partial charge in [0.25, 0.3) is 0 Å². The van der Waals surface area contributed by atoms with Crippen molar-refractivity contribution in [2.75, 3.05) is 13.2 Å². The van der Waals surface area contributed by atoms with Crippen LogP contribution >= 0.6 is 0 Å². The minimum absolute atomic E-state index is 0.220. The molecule has 0 saturated heterocycles. The third-order valence-corrected chi connectivity index (χ3v) is 3.72. The van der Waals surface area contributed by atoms with Crippen LogP contribution in [0, 0.1) is 11.7 Å². The fraction of sp³-hybridized carbons (Fsp3) is 0.667. The molecule has 1 N–H and O–H groups in total. The molecule has 0 bridgehead atoms. The lowest BCUT2D eigenvalue weighted by atomic mass is 10.0. The molecule has 0 aliphatic rings. The molecule has 1 aromatic carbocycles. The Labute approximate surface area is 129 Å². The number of rotatable bonds is 11. The molecule has 1 rings (SSSR count). The number of benzene rings is 1. The highest BCUT2D eigenvalue weighted by Gasteiger charge is 2.08. The van der Waals surface area contributed by atoms with Crippen LogP contribution in [0.15, 0.2) is 18.2 Å². The normalized spacial score (nSPS) is 12.4. The average molecular weight is 295 g/mol. The first-order valence-electron chi connectivity index (χ1n) is 8.32. The summed E-state index contributed by atoms with van der Waals surface area (Å²) in [5, 5.41) is 3.29. The van der Waals surface area contributed by atoms with Crippen molar-refractivity contribution in [3.8, 4) is 5.75 Å². The van der Waals surface area contributed by atoms with Crippen LogP contribution in [0.5, 0.6) is 5.75 Å². The largest absolute Gasteiger partial charge is 0.493 e. The van der Waals surface area contributed by atoms with E-state index in [0.29, 0.717) is 24.8 Å². The molecule has 0 saturated carbocycles. The van der Waals surface area contributed by atoms with Gasteiger partial charge in [-0.05, 0) is 43.0 Å². The summed E-state index contributed by atoms with van der Waals surface area (Å²) in [5.74, 6) is 0.996. The third-order valence-electron chi connectivity index (χ3n) is 3.72. The molecular weight excluding hydrogens is 265 g/mol. The first-order chi connectivity index (χ1) is 10.2. The molecule has 1 atom stereocenters. The van der Waals surface area contributed by atoms with Crippen molar-refractivity contribution in [1.82, 2.24) is 5.32 Å². The maximum Gasteiger partial charge on any atom is 0.127 e. The molecule has 0 radical (unpaired) electrons. The van der Waals surface area contributed by atoms with Gasteiger partial charge in [0.05, 0.1) is 6.61 Å². The third kappa shape index (κ3) is 7.47. The van der Waals surface area contributed by atoms with E-state index in [0.717, 1.165) is 24.9 Å². The minimum Gasteiger partial charge on any atom is -0.493 e. The van der Waals surface area contributed by atoms with Crippen LogP contribution in [0.4, 0.5) is 4.39 Å².